The molecule has 1 aromatic carbocycles. The summed E-state index contributed by atoms with van der Waals surface area (Å²) in [6.07, 6.45) is -0.502. The first-order valence-corrected chi connectivity index (χ1v) is 5.22. The lowest BCUT2D eigenvalue weighted by Crippen LogP contribution is -2.38. The van der Waals surface area contributed by atoms with E-state index in [-0.39, 0.29) is 19.0 Å². The molecule has 0 spiro atoms. The number of carbonyl (C=O) groups is 2. The minimum atomic E-state index is -1.22. The van der Waals surface area contributed by atoms with Gasteiger partial charge in [-0.15, -0.1) is 12.4 Å². The van der Waals surface area contributed by atoms with Crippen LogP contribution in [0.25, 0.3) is 0 Å². The molecule has 0 saturated heterocycles. The van der Waals surface area contributed by atoms with Gasteiger partial charge in [-0.2, -0.15) is 0 Å². The molecule has 0 heterocycles. The predicted molar refractivity (Wildman–Crippen MR) is 73.0 cm³/mol. The Balaban J connectivity index is 0.00000324. The molecule has 0 saturated carbocycles. The Labute approximate surface area is 116 Å². The third-order valence-corrected chi connectivity index (χ3v) is 2.38. The minimum absolute atomic E-state index is 0. The maximum atomic E-state index is 10.8. The number of halogens is 1. The zero-order valence-corrected chi connectivity index (χ0v) is 10.8. The van der Waals surface area contributed by atoms with Gasteiger partial charge in [-0.3, -0.25) is 14.9 Å². The number of nitrogens with two attached hydrogens (primary N) is 2. The Kier molecular flexibility index (Phi) is 6.67. The largest absolute Gasteiger partial charge is 0.481 e. The standard InChI is InChI=1S/C11H15N3O4.ClH/c12-7-1-2-8(13)6(3-7)5-14-9(11(17)18)4-10(15)16;/h1-3,9,14H,4-5,12-13H2,(H,15,16)(H,17,18);1H. The molecule has 0 aliphatic carbocycles. The molecular weight excluding hydrogens is 274 g/mol. The highest BCUT2D eigenvalue weighted by Crippen LogP contribution is 2.15. The van der Waals surface area contributed by atoms with Gasteiger partial charge >= 0.3 is 11.9 Å². The van der Waals surface area contributed by atoms with Crippen LogP contribution in [0.4, 0.5) is 11.4 Å². The van der Waals surface area contributed by atoms with Gasteiger partial charge in [0.1, 0.15) is 6.04 Å². The highest BCUT2D eigenvalue weighted by molar-refractivity contribution is 5.85. The van der Waals surface area contributed by atoms with E-state index in [1.807, 2.05) is 0 Å². The summed E-state index contributed by atoms with van der Waals surface area (Å²) in [4.78, 5) is 21.3. The molecule has 0 fully saturated rings. The second kappa shape index (κ2) is 7.45. The summed E-state index contributed by atoms with van der Waals surface area (Å²) in [5, 5.41) is 20.0. The molecule has 1 unspecified atom stereocenters. The highest BCUT2D eigenvalue weighted by Gasteiger charge is 2.20. The van der Waals surface area contributed by atoms with Gasteiger partial charge in [-0.25, -0.2) is 0 Å². The van der Waals surface area contributed by atoms with E-state index in [2.05, 4.69) is 5.32 Å². The number of nitrogen functional groups attached to an aromatic ring is 2. The fourth-order valence-corrected chi connectivity index (χ4v) is 1.43. The summed E-state index contributed by atoms with van der Waals surface area (Å²) < 4.78 is 0. The second-order valence-electron chi connectivity index (χ2n) is 3.83. The summed E-state index contributed by atoms with van der Waals surface area (Å²) in [7, 11) is 0. The van der Waals surface area contributed by atoms with Gasteiger partial charge in [0, 0.05) is 17.9 Å². The Bertz CT molecular complexity index is 467. The van der Waals surface area contributed by atoms with Crippen molar-refractivity contribution < 1.29 is 19.8 Å². The van der Waals surface area contributed by atoms with Crippen molar-refractivity contribution in [3.63, 3.8) is 0 Å². The van der Waals surface area contributed by atoms with Crippen molar-refractivity contribution in [3.8, 4) is 0 Å². The molecule has 7 N–H and O–H groups in total. The van der Waals surface area contributed by atoms with Gasteiger partial charge in [0.05, 0.1) is 6.42 Å². The average molecular weight is 290 g/mol. The first-order valence-electron chi connectivity index (χ1n) is 5.22. The number of anilines is 2. The van der Waals surface area contributed by atoms with Gasteiger partial charge in [-0.1, -0.05) is 0 Å². The SMILES string of the molecule is Cl.Nc1ccc(N)c(CNC(CC(=O)O)C(=O)O)c1. The number of hydrogen-bond donors (Lipinski definition) is 5. The first kappa shape index (κ1) is 17.0. The van der Waals surface area contributed by atoms with Gasteiger partial charge < -0.3 is 21.7 Å². The third kappa shape index (κ3) is 5.45. The van der Waals surface area contributed by atoms with E-state index in [4.69, 9.17) is 21.7 Å². The number of nitrogens with one attached hydrogen (secondary N) is 1. The monoisotopic (exact) mass is 289 g/mol. The molecular formula is C11H16ClN3O4. The smallest absolute Gasteiger partial charge is 0.321 e. The van der Waals surface area contributed by atoms with Crippen LogP contribution < -0.4 is 16.8 Å². The molecule has 0 aliphatic rings. The minimum Gasteiger partial charge on any atom is -0.481 e. The molecule has 1 atom stereocenters. The number of hydrogen-bond acceptors (Lipinski definition) is 5. The molecule has 0 aliphatic heterocycles. The van der Waals surface area contributed by atoms with E-state index in [9.17, 15) is 9.59 Å². The van der Waals surface area contributed by atoms with E-state index < -0.39 is 24.4 Å². The van der Waals surface area contributed by atoms with Gasteiger partial charge in [0.25, 0.3) is 0 Å². The molecule has 0 aromatic heterocycles. The topological polar surface area (TPSA) is 139 Å². The number of carboxylic acids is 2. The zero-order valence-electron chi connectivity index (χ0n) is 10.00. The van der Waals surface area contributed by atoms with Crippen LogP contribution >= 0.6 is 12.4 Å². The molecule has 1 aromatic rings. The van der Waals surface area contributed by atoms with Crippen LogP contribution in [0.2, 0.25) is 0 Å². The van der Waals surface area contributed by atoms with E-state index in [0.29, 0.717) is 16.9 Å². The lowest BCUT2D eigenvalue weighted by atomic mass is 10.1. The summed E-state index contributed by atoms with van der Waals surface area (Å²) in [6.45, 7) is 0.140. The van der Waals surface area contributed by atoms with E-state index >= 15 is 0 Å². The van der Waals surface area contributed by atoms with Gasteiger partial charge in [0.2, 0.25) is 0 Å². The molecule has 19 heavy (non-hydrogen) atoms. The Morgan fingerprint density at radius 2 is 1.89 bits per heavy atom. The highest BCUT2D eigenvalue weighted by atomic mass is 35.5. The molecule has 8 heteroatoms. The van der Waals surface area contributed by atoms with Crippen LogP contribution in [-0.2, 0) is 16.1 Å². The normalized spacial score (nSPS) is 11.4. The number of rotatable bonds is 6. The van der Waals surface area contributed by atoms with Crippen molar-refractivity contribution in [2.24, 2.45) is 0 Å². The number of carboxylic acid groups (broad SMARTS) is 2. The lowest BCUT2D eigenvalue weighted by molar-refractivity contribution is -0.146. The maximum Gasteiger partial charge on any atom is 0.321 e. The molecule has 0 amide bonds. The second-order valence-corrected chi connectivity index (χ2v) is 3.83. The van der Waals surface area contributed by atoms with Crippen LogP contribution in [0.3, 0.4) is 0 Å². The van der Waals surface area contributed by atoms with E-state index in [0.717, 1.165) is 0 Å². The van der Waals surface area contributed by atoms with Gasteiger partial charge in [0.15, 0.2) is 0 Å². The molecule has 0 radical (unpaired) electrons. The van der Waals surface area contributed by atoms with E-state index in [1.165, 1.54) is 0 Å². The number of aliphatic carboxylic acids is 2. The third-order valence-electron chi connectivity index (χ3n) is 2.38. The fraction of sp³-hybridized carbons (Fsp3) is 0.273. The average Bonchev–Trinajstić information content (AvgIpc) is 2.27. The van der Waals surface area contributed by atoms with Crippen molar-refractivity contribution in [3.05, 3.63) is 23.8 Å². The molecule has 7 nitrogen and oxygen atoms in total. The zero-order chi connectivity index (χ0) is 13.7. The van der Waals surface area contributed by atoms with Crippen LogP contribution in [0, 0.1) is 0 Å². The van der Waals surface area contributed by atoms with Crippen LogP contribution in [-0.4, -0.2) is 28.2 Å². The van der Waals surface area contributed by atoms with Gasteiger partial charge in [-0.05, 0) is 23.8 Å². The first-order chi connectivity index (χ1) is 8.40. The van der Waals surface area contributed by atoms with Crippen LogP contribution in [0.5, 0.6) is 0 Å². The van der Waals surface area contributed by atoms with Crippen molar-refractivity contribution in [1.82, 2.24) is 5.32 Å². The lowest BCUT2D eigenvalue weighted by Gasteiger charge is -2.13. The van der Waals surface area contributed by atoms with Crippen molar-refractivity contribution in [2.75, 3.05) is 11.5 Å². The summed E-state index contributed by atoms with van der Waals surface area (Å²) in [6, 6.07) is 3.69. The molecule has 1 rings (SSSR count). The maximum absolute atomic E-state index is 10.8. The Morgan fingerprint density at radius 3 is 2.42 bits per heavy atom. The summed E-state index contributed by atoms with van der Waals surface area (Å²) in [5.74, 6) is -2.41. The molecule has 106 valence electrons. The fourth-order valence-electron chi connectivity index (χ4n) is 1.43. The quantitative estimate of drug-likeness (QED) is 0.474. The van der Waals surface area contributed by atoms with E-state index in [1.54, 1.807) is 18.2 Å². The Hall–Kier alpha value is -1.99. The number of benzene rings is 1. The predicted octanol–water partition coefficient (Wildman–Crippen LogP) is 0.290. The van der Waals surface area contributed by atoms with Crippen LogP contribution in [0.1, 0.15) is 12.0 Å². The Morgan fingerprint density at radius 1 is 1.26 bits per heavy atom. The van der Waals surface area contributed by atoms with Crippen molar-refractivity contribution in [2.45, 2.75) is 19.0 Å². The molecule has 0 bridgehead atoms. The summed E-state index contributed by atoms with van der Waals surface area (Å²) >= 11 is 0. The summed E-state index contributed by atoms with van der Waals surface area (Å²) in [5.41, 5.74) is 12.9. The van der Waals surface area contributed by atoms with Crippen molar-refractivity contribution >= 4 is 35.7 Å². The van der Waals surface area contributed by atoms with Crippen molar-refractivity contribution in [1.29, 1.82) is 0 Å². The van der Waals surface area contributed by atoms with Crippen LogP contribution in [0.15, 0.2) is 18.2 Å².